The summed E-state index contributed by atoms with van der Waals surface area (Å²) in [7, 11) is 0. The number of nitrogens with one attached hydrogen (secondary N) is 1. The van der Waals surface area contributed by atoms with Crippen LogP contribution in [-0.2, 0) is 6.18 Å². The molecule has 0 unspecified atom stereocenters. The average molecular weight is 343 g/mol. The van der Waals surface area contributed by atoms with Gasteiger partial charge in [0.25, 0.3) is 0 Å². The topological polar surface area (TPSA) is 24.4 Å². The SMILES string of the molecule is FC(F)(F)c1ccc(NN=Cc2ccc(Br)cc2)cc1. The van der Waals surface area contributed by atoms with Gasteiger partial charge in [-0.3, -0.25) is 5.43 Å². The molecule has 0 heterocycles. The highest BCUT2D eigenvalue weighted by Gasteiger charge is 2.29. The summed E-state index contributed by atoms with van der Waals surface area (Å²) < 4.78 is 38.1. The molecule has 0 spiro atoms. The van der Waals surface area contributed by atoms with Crippen molar-refractivity contribution in [2.45, 2.75) is 6.18 Å². The van der Waals surface area contributed by atoms with Crippen molar-refractivity contribution in [2.75, 3.05) is 5.43 Å². The van der Waals surface area contributed by atoms with E-state index >= 15 is 0 Å². The quantitative estimate of drug-likeness (QED) is 0.621. The number of hydrogen-bond donors (Lipinski definition) is 1. The summed E-state index contributed by atoms with van der Waals surface area (Å²) in [4.78, 5) is 0. The molecule has 20 heavy (non-hydrogen) atoms. The number of anilines is 1. The highest BCUT2D eigenvalue weighted by atomic mass is 79.9. The smallest absolute Gasteiger partial charge is 0.279 e. The van der Waals surface area contributed by atoms with Gasteiger partial charge in [-0.25, -0.2) is 0 Å². The molecule has 0 atom stereocenters. The predicted molar refractivity (Wildman–Crippen MR) is 76.8 cm³/mol. The molecule has 0 fully saturated rings. The van der Waals surface area contributed by atoms with Crippen LogP contribution in [0.25, 0.3) is 0 Å². The summed E-state index contributed by atoms with van der Waals surface area (Å²) in [5.41, 5.74) is 3.37. The highest BCUT2D eigenvalue weighted by Crippen LogP contribution is 2.29. The third-order valence-electron chi connectivity index (χ3n) is 2.49. The first-order valence-corrected chi connectivity index (χ1v) is 6.46. The van der Waals surface area contributed by atoms with Crippen molar-refractivity contribution < 1.29 is 13.2 Å². The third kappa shape index (κ3) is 4.09. The lowest BCUT2D eigenvalue weighted by Gasteiger charge is -2.07. The molecule has 2 aromatic rings. The standard InChI is InChI=1S/C14H10BrF3N2/c15-12-5-1-10(2-6-12)9-19-20-13-7-3-11(4-8-13)14(16,17)18/h1-9,20H. The van der Waals surface area contributed by atoms with Gasteiger partial charge in [0, 0.05) is 4.47 Å². The average Bonchev–Trinajstić information content (AvgIpc) is 2.41. The number of hydrazone groups is 1. The Kier molecular flexibility index (Phi) is 4.44. The first kappa shape index (κ1) is 14.6. The Morgan fingerprint density at radius 1 is 0.950 bits per heavy atom. The van der Waals surface area contributed by atoms with E-state index in [1.54, 1.807) is 6.21 Å². The molecule has 2 aromatic carbocycles. The molecule has 0 radical (unpaired) electrons. The predicted octanol–water partition coefficient (Wildman–Crippen LogP) is 4.91. The molecule has 0 amide bonds. The minimum absolute atomic E-state index is 0.492. The molecular weight excluding hydrogens is 333 g/mol. The fourth-order valence-electron chi connectivity index (χ4n) is 1.46. The minimum Gasteiger partial charge on any atom is -0.279 e. The number of alkyl halides is 3. The molecule has 0 aromatic heterocycles. The van der Waals surface area contributed by atoms with E-state index in [1.165, 1.54) is 12.1 Å². The lowest BCUT2D eigenvalue weighted by atomic mass is 10.2. The van der Waals surface area contributed by atoms with Crippen molar-refractivity contribution in [3.8, 4) is 0 Å². The third-order valence-corrected chi connectivity index (χ3v) is 3.02. The van der Waals surface area contributed by atoms with Crippen LogP contribution in [0.5, 0.6) is 0 Å². The minimum atomic E-state index is -4.32. The van der Waals surface area contributed by atoms with E-state index in [0.29, 0.717) is 5.69 Å². The van der Waals surface area contributed by atoms with Gasteiger partial charge in [-0.1, -0.05) is 28.1 Å². The van der Waals surface area contributed by atoms with E-state index in [2.05, 4.69) is 26.5 Å². The second-order valence-corrected chi connectivity index (χ2v) is 4.91. The second kappa shape index (κ2) is 6.09. The Balaban J connectivity index is 1.99. The van der Waals surface area contributed by atoms with Crippen molar-refractivity contribution in [1.29, 1.82) is 0 Å². The summed E-state index contributed by atoms with van der Waals surface area (Å²) >= 11 is 3.32. The molecule has 0 aliphatic heterocycles. The van der Waals surface area contributed by atoms with Crippen LogP contribution in [0.2, 0.25) is 0 Å². The van der Waals surface area contributed by atoms with Crippen LogP contribution in [0.1, 0.15) is 11.1 Å². The fraction of sp³-hybridized carbons (Fsp3) is 0.0714. The number of nitrogens with zero attached hydrogens (tertiary/aromatic N) is 1. The van der Waals surface area contributed by atoms with Crippen LogP contribution < -0.4 is 5.43 Å². The first-order valence-electron chi connectivity index (χ1n) is 5.67. The Hall–Kier alpha value is -1.82. The van der Waals surface area contributed by atoms with Crippen molar-refractivity contribution in [3.05, 3.63) is 64.1 Å². The van der Waals surface area contributed by atoms with Gasteiger partial charge < -0.3 is 0 Å². The van der Waals surface area contributed by atoms with Crippen molar-refractivity contribution >= 4 is 27.8 Å². The van der Waals surface area contributed by atoms with Gasteiger partial charge in [0.2, 0.25) is 0 Å². The molecule has 0 aliphatic carbocycles. The maximum Gasteiger partial charge on any atom is 0.416 e. The van der Waals surface area contributed by atoms with Crippen LogP contribution >= 0.6 is 15.9 Å². The number of rotatable bonds is 3. The first-order chi connectivity index (χ1) is 9.45. The molecule has 2 rings (SSSR count). The Morgan fingerprint density at radius 2 is 1.55 bits per heavy atom. The van der Waals surface area contributed by atoms with Gasteiger partial charge in [0.05, 0.1) is 17.5 Å². The van der Waals surface area contributed by atoms with Crippen LogP contribution in [0.3, 0.4) is 0 Å². The van der Waals surface area contributed by atoms with Gasteiger partial charge in [0.1, 0.15) is 0 Å². The lowest BCUT2D eigenvalue weighted by molar-refractivity contribution is -0.137. The molecule has 0 bridgehead atoms. The van der Waals surface area contributed by atoms with Gasteiger partial charge in [0.15, 0.2) is 0 Å². The van der Waals surface area contributed by atoms with Gasteiger partial charge in [-0.15, -0.1) is 0 Å². The summed E-state index contributed by atoms with van der Waals surface area (Å²) in [5.74, 6) is 0. The molecule has 0 saturated heterocycles. The van der Waals surface area contributed by atoms with Gasteiger partial charge in [-0.2, -0.15) is 18.3 Å². The van der Waals surface area contributed by atoms with E-state index in [1.807, 2.05) is 24.3 Å². The van der Waals surface area contributed by atoms with Crippen LogP contribution in [-0.4, -0.2) is 6.21 Å². The molecule has 0 saturated carbocycles. The second-order valence-electron chi connectivity index (χ2n) is 4.00. The molecule has 0 aliphatic rings. The highest BCUT2D eigenvalue weighted by molar-refractivity contribution is 9.10. The Bertz CT molecular complexity index is 589. The number of halogens is 4. The largest absolute Gasteiger partial charge is 0.416 e. The van der Waals surface area contributed by atoms with Crippen LogP contribution in [0, 0.1) is 0 Å². The van der Waals surface area contributed by atoms with Gasteiger partial charge >= 0.3 is 6.18 Å². The van der Waals surface area contributed by atoms with Gasteiger partial charge in [-0.05, 0) is 42.0 Å². The maximum atomic E-state index is 12.4. The van der Waals surface area contributed by atoms with Crippen LogP contribution in [0.4, 0.5) is 18.9 Å². The molecule has 1 N–H and O–H groups in total. The van der Waals surface area contributed by atoms with Crippen molar-refractivity contribution in [1.82, 2.24) is 0 Å². The van der Waals surface area contributed by atoms with E-state index in [4.69, 9.17) is 0 Å². The van der Waals surface area contributed by atoms with E-state index < -0.39 is 11.7 Å². The molecule has 104 valence electrons. The fourth-order valence-corrected chi connectivity index (χ4v) is 1.73. The van der Waals surface area contributed by atoms with Crippen molar-refractivity contribution in [2.24, 2.45) is 5.10 Å². The summed E-state index contributed by atoms with van der Waals surface area (Å²) in [6.45, 7) is 0. The van der Waals surface area contributed by atoms with E-state index in [0.717, 1.165) is 22.2 Å². The van der Waals surface area contributed by atoms with Crippen molar-refractivity contribution in [3.63, 3.8) is 0 Å². The number of benzene rings is 2. The van der Waals surface area contributed by atoms with Crippen LogP contribution in [0.15, 0.2) is 58.1 Å². The Morgan fingerprint density at radius 3 is 2.10 bits per heavy atom. The van der Waals surface area contributed by atoms with E-state index in [9.17, 15) is 13.2 Å². The maximum absolute atomic E-state index is 12.4. The monoisotopic (exact) mass is 342 g/mol. The summed E-state index contributed by atoms with van der Waals surface area (Å²) in [5, 5.41) is 3.96. The summed E-state index contributed by atoms with van der Waals surface area (Å²) in [6, 6.07) is 12.2. The zero-order valence-corrected chi connectivity index (χ0v) is 11.7. The zero-order chi connectivity index (χ0) is 14.6. The molecular formula is C14H10BrF3N2. The molecule has 6 heteroatoms. The number of hydrogen-bond acceptors (Lipinski definition) is 2. The summed E-state index contributed by atoms with van der Waals surface area (Å²) in [6.07, 6.45) is -2.73. The lowest BCUT2D eigenvalue weighted by Crippen LogP contribution is -2.04. The normalized spacial score (nSPS) is 11.8. The van der Waals surface area contributed by atoms with E-state index in [-0.39, 0.29) is 0 Å². The zero-order valence-electron chi connectivity index (χ0n) is 10.2. The Labute approximate surface area is 122 Å². The molecule has 2 nitrogen and oxygen atoms in total.